The zero-order chi connectivity index (χ0) is 18.1. The van der Waals surface area contributed by atoms with Crippen LogP contribution < -0.4 is 0 Å². The molecule has 0 amide bonds. The van der Waals surface area contributed by atoms with Gasteiger partial charge in [-0.2, -0.15) is 0 Å². The monoisotopic (exact) mass is 352 g/mol. The molecule has 1 rings (SSSR count). The molecule has 1 heterocycles. The molecule has 0 radical (unpaired) electrons. The molecule has 0 bridgehead atoms. The van der Waals surface area contributed by atoms with E-state index in [9.17, 15) is 0 Å². The van der Waals surface area contributed by atoms with Gasteiger partial charge in [0.2, 0.25) is 0 Å². The molecule has 1 nitrogen and oxygen atoms in total. The van der Waals surface area contributed by atoms with Crippen molar-refractivity contribution in [2.45, 2.75) is 129 Å². The minimum atomic E-state index is 1.37. The van der Waals surface area contributed by atoms with E-state index in [2.05, 4.69) is 13.8 Å². The molecule has 1 aliphatic rings. The summed E-state index contributed by atoms with van der Waals surface area (Å²) in [4.78, 5) is 0. The van der Waals surface area contributed by atoms with Crippen LogP contribution in [0.4, 0.5) is 0 Å². The first kappa shape index (κ1) is 23.0. The van der Waals surface area contributed by atoms with E-state index in [1.807, 2.05) is 0 Å². The van der Waals surface area contributed by atoms with Crippen LogP contribution in [-0.2, 0) is 0 Å². The van der Waals surface area contributed by atoms with Gasteiger partial charge in [0.1, 0.15) is 0 Å². The highest BCUT2D eigenvalue weighted by Crippen LogP contribution is 2.23. The van der Waals surface area contributed by atoms with Crippen LogP contribution in [0.2, 0.25) is 0 Å². The van der Waals surface area contributed by atoms with Crippen molar-refractivity contribution < 1.29 is 4.48 Å². The van der Waals surface area contributed by atoms with Gasteiger partial charge in [-0.3, -0.25) is 0 Å². The molecule has 0 saturated carbocycles. The topological polar surface area (TPSA) is 0 Å². The van der Waals surface area contributed by atoms with Crippen molar-refractivity contribution in [3.05, 3.63) is 0 Å². The zero-order valence-electron chi connectivity index (χ0n) is 18.0. The molecule has 150 valence electrons. The quantitative estimate of drug-likeness (QED) is 0.174. The Morgan fingerprint density at radius 2 is 0.760 bits per heavy atom. The summed E-state index contributed by atoms with van der Waals surface area (Å²) >= 11 is 0. The second-order valence-corrected chi connectivity index (χ2v) is 8.89. The van der Waals surface area contributed by atoms with Crippen molar-refractivity contribution in [1.82, 2.24) is 0 Å². The summed E-state index contributed by atoms with van der Waals surface area (Å²) in [6, 6.07) is 0. The van der Waals surface area contributed by atoms with Gasteiger partial charge < -0.3 is 4.48 Å². The van der Waals surface area contributed by atoms with Gasteiger partial charge in [0.25, 0.3) is 0 Å². The lowest BCUT2D eigenvalue weighted by atomic mass is 10.1. The van der Waals surface area contributed by atoms with Crippen LogP contribution in [0, 0.1) is 0 Å². The van der Waals surface area contributed by atoms with Crippen molar-refractivity contribution in [3.63, 3.8) is 0 Å². The Kier molecular flexibility index (Phi) is 14.9. The fraction of sp³-hybridized carbons (Fsp3) is 1.00. The lowest BCUT2D eigenvalue weighted by Gasteiger charge is -2.34. The minimum absolute atomic E-state index is 1.37. The number of hydrogen-bond acceptors (Lipinski definition) is 0. The predicted octanol–water partition coefficient (Wildman–Crippen LogP) is 7.88. The summed E-state index contributed by atoms with van der Waals surface area (Å²) in [5.74, 6) is 0. The Morgan fingerprint density at radius 1 is 0.440 bits per heavy atom. The summed E-state index contributed by atoms with van der Waals surface area (Å²) in [5.41, 5.74) is 0. The van der Waals surface area contributed by atoms with Crippen molar-refractivity contribution in [2.24, 2.45) is 0 Å². The summed E-state index contributed by atoms with van der Waals surface area (Å²) in [7, 11) is 0. The molecule has 1 heteroatoms. The first-order chi connectivity index (χ1) is 12.3. The summed E-state index contributed by atoms with van der Waals surface area (Å²) < 4.78 is 1.49. The molecule has 0 spiro atoms. The summed E-state index contributed by atoms with van der Waals surface area (Å²) in [6.07, 6.45) is 26.4. The van der Waals surface area contributed by atoms with Crippen LogP contribution in [0.3, 0.4) is 0 Å². The minimum Gasteiger partial charge on any atom is -0.324 e. The van der Waals surface area contributed by atoms with E-state index in [4.69, 9.17) is 0 Å². The fourth-order valence-corrected chi connectivity index (χ4v) is 4.73. The Hall–Kier alpha value is -0.0400. The smallest absolute Gasteiger partial charge is 0.0788 e. The molecule has 0 aromatic heterocycles. The first-order valence-corrected chi connectivity index (χ1v) is 12.2. The second-order valence-electron chi connectivity index (χ2n) is 8.89. The number of likely N-dealkylation sites (tertiary alicyclic amines) is 1. The van der Waals surface area contributed by atoms with Crippen LogP contribution in [-0.4, -0.2) is 30.7 Å². The highest BCUT2D eigenvalue weighted by atomic mass is 15.4. The molecule has 0 N–H and O–H groups in total. The van der Waals surface area contributed by atoms with E-state index >= 15 is 0 Å². The zero-order valence-corrected chi connectivity index (χ0v) is 18.0. The number of quaternary nitrogens is 1. The van der Waals surface area contributed by atoms with E-state index in [1.54, 1.807) is 0 Å². The molecule has 0 aromatic carbocycles. The average molecular weight is 353 g/mol. The highest BCUT2D eigenvalue weighted by Gasteiger charge is 2.30. The van der Waals surface area contributed by atoms with Gasteiger partial charge in [-0.1, -0.05) is 90.9 Å². The maximum Gasteiger partial charge on any atom is 0.0788 e. The second kappa shape index (κ2) is 16.2. The molecular weight excluding hydrogens is 302 g/mol. The highest BCUT2D eigenvalue weighted by molar-refractivity contribution is 4.57. The van der Waals surface area contributed by atoms with Gasteiger partial charge >= 0.3 is 0 Å². The molecule has 0 aromatic rings. The Balaban J connectivity index is 1.96. The Bertz CT molecular complexity index is 267. The summed E-state index contributed by atoms with van der Waals surface area (Å²) in [5, 5.41) is 0. The number of unbranched alkanes of at least 4 members (excludes halogenated alkanes) is 14. The molecule has 0 unspecified atom stereocenters. The number of rotatable bonds is 18. The third-order valence-electron chi connectivity index (χ3n) is 6.49. The third kappa shape index (κ3) is 12.1. The molecule has 25 heavy (non-hydrogen) atoms. The summed E-state index contributed by atoms with van der Waals surface area (Å²) in [6.45, 7) is 10.6. The third-order valence-corrected chi connectivity index (χ3v) is 6.49. The molecule has 1 aliphatic heterocycles. The van der Waals surface area contributed by atoms with Crippen molar-refractivity contribution in [3.8, 4) is 0 Å². The van der Waals surface area contributed by atoms with E-state index in [-0.39, 0.29) is 0 Å². The van der Waals surface area contributed by atoms with E-state index in [1.165, 1.54) is 146 Å². The van der Waals surface area contributed by atoms with E-state index in [0.29, 0.717) is 0 Å². The standard InChI is InChI=1S/C24H50N/c1-3-5-7-9-10-11-12-13-14-16-18-22-25(23-19-20-24-25)21-17-15-8-6-4-2/h3-24H2,1-2H3/q+1. The van der Waals surface area contributed by atoms with Crippen LogP contribution in [0.25, 0.3) is 0 Å². The largest absolute Gasteiger partial charge is 0.324 e. The molecule has 1 fully saturated rings. The van der Waals surface area contributed by atoms with Crippen molar-refractivity contribution in [2.75, 3.05) is 26.2 Å². The van der Waals surface area contributed by atoms with Gasteiger partial charge in [0, 0.05) is 12.8 Å². The normalized spacial score (nSPS) is 16.6. The molecular formula is C24H50N+. The van der Waals surface area contributed by atoms with E-state index < -0.39 is 0 Å². The Labute approximate surface area is 160 Å². The van der Waals surface area contributed by atoms with Gasteiger partial charge in [-0.25, -0.2) is 0 Å². The van der Waals surface area contributed by atoms with Gasteiger partial charge in [-0.15, -0.1) is 0 Å². The molecule has 0 aliphatic carbocycles. The maximum atomic E-state index is 2.32. The Morgan fingerprint density at radius 3 is 1.12 bits per heavy atom. The van der Waals surface area contributed by atoms with Gasteiger partial charge in [-0.05, 0) is 25.7 Å². The lowest BCUT2D eigenvalue weighted by Crippen LogP contribution is -2.46. The lowest BCUT2D eigenvalue weighted by molar-refractivity contribution is -0.917. The average Bonchev–Trinajstić information content (AvgIpc) is 3.08. The first-order valence-electron chi connectivity index (χ1n) is 12.2. The maximum absolute atomic E-state index is 2.32. The van der Waals surface area contributed by atoms with Crippen molar-refractivity contribution in [1.29, 1.82) is 0 Å². The number of hydrogen-bond donors (Lipinski definition) is 0. The van der Waals surface area contributed by atoms with E-state index in [0.717, 1.165) is 0 Å². The van der Waals surface area contributed by atoms with Gasteiger partial charge in [0.05, 0.1) is 26.2 Å². The SMILES string of the molecule is CCCCCCCCCCCCC[N+]1(CCCCCCC)CCCC1. The van der Waals surface area contributed by atoms with Crippen LogP contribution in [0.1, 0.15) is 129 Å². The van der Waals surface area contributed by atoms with Crippen LogP contribution >= 0.6 is 0 Å². The van der Waals surface area contributed by atoms with Crippen molar-refractivity contribution >= 4 is 0 Å². The number of nitrogens with zero attached hydrogens (tertiary/aromatic N) is 1. The van der Waals surface area contributed by atoms with Crippen LogP contribution in [0.15, 0.2) is 0 Å². The molecule has 0 atom stereocenters. The molecule has 1 saturated heterocycles. The van der Waals surface area contributed by atoms with Crippen LogP contribution in [0.5, 0.6) is 0 Å². The predicted molar refractivity (Wildman–Crippen MR) is 114 cm³/mol. The van der Waals surface area contributed by atoms with Gasteiger partial charge in [0.15, 0.2) is 0 Å². The fourth-order valence-electron chi connectivity index (χ4n) is 4.73.